The minimum Gasteiger partial charge on any atom is -0.378 e. The molecule has 1 aliphatic heterocycles. The number of carbonyl (C=O) groups is 1. The predicted octanol–water partition coefficient (Wildman–Crippen LogP) is 1.86. The third-order valence-corrected chi connectivity index (χ3v) is 3.87. The van der Waals surface area contributed by atoms with Crippen LogP contribution >= 0.6 is 12.4 Å². The first kappa shape index (κ1) is 18.4. The van der Waals surface area contributed by atoms with E-state index in [4.69, 9.17) is 4.74 Å². The topological polar surface area (TPSA) is 68.2 Å². The highest BCUT2D eigenvalue weighted by molar-refractivity contribution is 5.90. The van der Waals surface area contributed by atoms with E-state index in [9.17, 15) is 4.79 Å². The van der Waals surface area contributed by atoms with Gasteiger partial charge in [0.15, 0.2) is 0 Å². The molecule has 0 bridgehead atoms. The lowest BCUT2D eigenvalue weighted by Gasteiger charge is -2.23. The fourth-order valence-electron chi connectivity index (χ4n) is 2.67. The van der Waals surface area contributed by atoms with Crippen molar-refractivity contribution in [2.45, 2.75) is 25.4 Å². The summed E-state index contributed by atoms with van der Waals surface area (Å²) in [6.07, 6.45) is 3.00. The van der Waals surface area contributed by atoms with Crippen molar-refractivity contribution in [1.82, 2.24) is 15.1 Å². The molecule has 7 heteroatoms. The number of anilines is 1. The largest absolute Gasteiger partial charge is 0.378 e. The number of nitrogens with one attached hydrogen (secondary N) is 2. The molecular formula is C17H23ClN4O2. The standard InChI is InChI=1S/C17H22N4O2.ClH/c22-17(12-15-13-23-11-9-18-15)20-16-6-8-19-21(16)10-7-14-4-2-1-3-5-14;/h1-6,8,15,18H,7,9-13H2,(H,20,22);1H. The molecule has 1 amide bonds. The van der Waals surface area contributed by atoms with Gasteiger partial charge in [0.05, 0.1) is 19.4 Å². The molecule has 2 heterocycles. The maximum atomic E-state index is 12.2. The van der Waals surface area contributed by atoms with Gasteiger partial charge in [-0.3, -0.25) is 4.79 Å². The molecular weight excluding hydrogens is 328 g/mol. The van der Waals surface area contributed by atoms with Gasteiger partial charge in [0.1, 0.15) is 5.82 Å². The number of rotatable bonds is 6. The third-order valence-electron chi connectivity index (χ3n) is 3.87. The Morgan fingerprint density at radius 2 is 2.17 bits per heavy atom. The lowest BCUT2D eigenvalue weighted by Crippen LogP contribution is -2.43. The first-order valence-electron chi connectivity index (χ1n) is 7.98. The number of carbonyl (C=O) groups excluding carboxylic acids is 1. The van der Waals surface area contributed by atoms with Crippen LogP contribution in [0, 0.1) is 0 Å². The van der Waals surface area contributed by atoms with Crippen LogP contribution in [-0.4, -0.2) is 41.5 Å². The zero-order valence-electron chi connectivity index (χ0n) is 13.5. The van der Waals surface area contributed by atoms with Gasteiger partial charge >= 0.3 is 0 Å². The van der Waals surface area contributed by atoms with Gasteiger partial charge in [-0.05, 0) is 12.0 Å². The molecule has 24 heavy (non-hydrogen) atoms. The van der Waals surface area contributed by atoms with Crippen LogP contribution in [0.4, 0.5) is 5.82 Å². The van der Waals surface area contributed by atoms with Crippen LogP contribution in [0.3, 0.4) is 0 Å². The number of aryl methyl sites for hydroxylation is 2. The maximum Gasteiger partial charge on any atom is 0.227 e. The molecule has 1 unspecified atom stereocenters. The van der Waals surface area contributed by atoms with Crippen molar-refractivity contribution < 1.29 is 9.53 Å². The summed E-state index contributed by atoms with van der Waals surface area (Å²) in [5.41, 5.74) is 1.25. The van der Waals surface area contributed by atoms with Crippen LogP contribution in [0.5, 0.6) is 0 Å². The Labute approximate surface area is 148 Å². The van der Waals surface area contributed by atoms with Gasteiger partial charge in [-0.25, -0.2) is 4.68 Å². The Bertz CT molecular complexity index is 627. The highest BCUT2D eigenvalue weighted by Gasteiger charge is 2.17. The fraction of sp³-hybridized carbons (Fsp3) is 0.412. The molecule has 3 rings (SSSR count). The van der Waals surface area contributed by atoms with Gasteiger partial charge in [0.2, 0.25) is 5.91 Å². The van der Waals surface area contributed by atoms with E-state index in [0.29, 0.717) is 19.6 Å². The highest BCUT2D eigenvalue weighted by Crippen LogP contribution is 2.10. The number of halogens is 1. The summed E-state index contributed by atoms with van der Waals surface area (Å²) in [6, 6.07) is 12.2. The Morgan fingerprint density at radius 1 is 1.33 bits per heavy atom. The van der Waals surface area contributed by atoms with Gasteiger partial charge in [-0.15, -0.1) is 12.4 Å². The zero-order chi connectivity index (χ0) is 15.9. The number of benzene rings is 1. The van der Waals surface area contributed by atoms with E-state index in [1.807, 2.05) is 28.9 Å². The van der Waals surface area contributed by atoms with E-state index < -0.39 is 0 Å². The maximum absolute atomic E-state index is 12.2. The van der Waals surface area contributed by atoms with Crippen molar-refractivity contribution in [3.05, 3.63) is 48.2 Å². The van der Waals surface area contributed by atoms with E-state index in [1.165, 1.54) is 5.56 Å². The second-order valence-electron chi connectivity index (χ2n) is 5.65. The average Bonchev–Trinajstić information content (AvgIpc) is 3.02. The number of hydrogen-bond donors (Lipinski definition) is 2. The number of amides is 1. The van der Waals surface area contributed by atoms with Crippen molar-refractivity contribution in [2.24, 2.45) is 0 Å². The molecule has 2 N–H and O–H groups in total. The van der Waals surface area contributed by atoms with Crippen molar-refractivity contribution in [3.8, 4) is 0 Å². The smallest absolute Gasteiger partial charge is 0.227 e. The zero-order valence-corrected chi connectivity index (χ0v) is 14.3. The molecule has 0 spiro atoms. The lowest BCUT2D eigenvalue weighted by atomic mass is 10.1. The molecule has 0 saturated carbocycles. The van der Waals surface area contributed by atoms with Gasteiger partial charge in [0, 0.05) is 31.6 Å². The van der Waals surface area contributed by atoms with Crippen molar-refractivity contribution in [2.75, 3.05) is 25.1 Å². The SMILES string of the molecule is Cl.O=C(CC1COCCN1)Nc1ccnn1CCc1ccccc1. The van der Waals surface area contributed by atoms with Gasteiger partial charge in [-0.2, -0.15) is 5.10 Å². The van der Waals surface area contributed by atoms with Crippen LogP contribution in [-0.2, 0) is 22.5 Å². The minimum absolute atomic E-state index is 0. The van der Waals surface area contributed by atoms with E-state index in [0.717, 1.165) is 25.3 Å². The molecule has 6 nitrogen and oxygen atoms in total. The molecule has 1 aliphatic rings. The Hall–Kier alpha value is -1.89. The first-order valence-corrected chi connectivity index (χ1v) is 7.98. The van der Waals surface area contributed by atoms with E-state index in [2.05, 4.69) is 27.9 Å². The summed E-state index contributed by atoms with van der Waals surface area (Å²) in [5.74, 6) is 0.720. The van der Waals surface area contributed by atoms with Crippen molar-refractivity contribution in [1.29, 1.82) is 0 Å². The van der Waals surface area contributed by atoms with E-state index in [1.54, 1.807) is 6.20 Å². The summed E-state index contributed by atoms with van der Waals surface area (Å²) in [6.45, 7) is 2.83. The number of hydrogen-bond acceptors (Lipinski definition) is 4. The third kappa shape index (κ3) is 5.33. The molecule has 1 saturated heterocycles. The van der Waals surface area contributed by atoms with Crippen molar-refractivity contribution >= 4 is 24.1 Å². The molecule has 1 fully saturated rings. The molecule has 130 valence electrons. The van der Waals surface area contributed by atoms with Crippen LogP contribution in [0.15, 0.2) is 42.6 Å². The molecule has 0 aliphatic carbocycles. The lowest BCUT2D eigenvalue weighted by molar-refractivity contribution is -0.117. The Kier molecular flexibility index (Phi) is 7.24. The molecule has 2 aromatic rings. The number of aromatic nitrogens is 2. The quantitative estimate of drug-likeness (QED) is 0.834. The average molecular weight is 351 g/mol. The molecule has 1 atom stereocenters. The minimum atomic E-state index is -0.0190. The molecule has 1 aromatic heterocycles. The van der Waals surface area contributed by atoms with Crippen LogP contribution < -0.4 is 10.6 Å². The molecule has 0 radical (unpaired) electrons. The summed E-state index contributed by atoms with van der Waals surface area (Å²) >= 11 is 0. The fourth-order valence-corrected chi connectivity index (χ4v) is 2.67. The highest BCUT2D eigenvalue weighted by atomic mass is 35.5. The summed E-state index contributed by atoms with van der Waals surface area (Å²) in [7, 11) is 0. The van der Waals surface area contributed by atoms with Crippen LogP contribution in [0.25, 0.3) is 0 Å². The second kappa shape index (κ2) is 9.42. The summed E-state index contributed by atoms with van der Waals surface area (Å²) in [5, 5.41) is 10.5. The summed E-state index contributed by atoms with van der Waals surface area (Å²) < 4.78 is 7.20. The first-order chi connectivity index (χ1) is 11.3. The van der Waals surface area contributed by atoms with E-state index in [-0.39, 0.29) is 24.4 Å². The number of ether oxygens (including phenoxy) is 1. The number of morpholine rings is 1. The monoisotopic (exact) mass is 350 g/mol. The number of nitrogens with zero attached hydrogens (tertiary/aromatic N) is 2. The second-order valence-corrected chi connectivity index (χ2v) is 5.65. The van der Waals surface area contributed by atoms with Crippen LogP contribution in [0.1, 0.15) is 12.0 Å². The van der Waals surface area contributed by atoms with Gasteiger partial charge in [-0.1, -0.05) is 30.3 Å². The normalized spacial score (nSPS) is 17.1. The molecule has 1 aromatic carbocycles. The summed E-state index contributed by atoms with van der Waals surface area (Å²) in [4.78, 5) is 12.2. The van der Waals surface area contributed by atoms with E-state index >= 15 is 0 Å². The van der Waals surface area contributed by atoms with Crippen molar-refractivity contribution in [3.63, 3.8) is 0 Å². The van der Waals surface area contributed by atoms with Crippen LogP contribution in [0.2, 0.25) is 0 Å². The van der Waals surface area contributed by atoms with Gasteiger partial charge < -0.3 is 15.4 Å². The Balaban J connectivity index is 0.00000208. The van der Waals surface area contributed by atoms with Gasteiger partial charge in [0.25, 0.3) is 0 Å². The predicted molar refractivity (Wildman–Crippen MR) is 95.5 cm³/mol. The Morgan fingerprint density at radius 3 is 2.92 bits per heavy atom.